The van der Waals surface area contributed by atoms with Crippen LogP contribution in [0, 0.1) is 12.8 Å². The fourth-order valence-corrected chi connectivity index (χ4v) is 2.51. The lowest BCUT2D eigenvalue weighted by molar-refractivity contribution is 0.317. The summed E-state index contributed by atoms with van der Waals surface area (Å²) in [5.41, 5.74) is 2.39. The minimum Gasteiger partial charge on any atom is -0.341 e. The van der Waals surface area contributed by atoms with Crippen LogP contribution in [-0.2, 0) is 6.54 Å². The van der Waals surface area contributed by atoms with E-state index in [0.29, 0.717) is 0 Å². The summed E-state index contributed by atoms with van der Waals surface area (Å²) in [7, 11) is 0. The van der Waals surface area contributed by atoms with E-state index < -0.39 is 0 Å². The van der Waals surface area contributed by atoms with Crippen LogP contribution in [0.5, 0.6) is 0 Å². The van der Waals surface area contributed by atoms with E-state index in [1.165, 1.54) is 24.8 Å². The van der Waals surface area contributed by atoms with Gasteiger partial charge >= 0.3 is 0 Å². The molecule has 1 aromatic rings. The van der Waals surface area contributed by atoms with Crippen molar-refractivity contribution in [2.75, 3.05) is 18.0 Å². The van der Waals surface area contributed by atoms with Gasteiger partial charge in [-0.2, -0.15) is 0 Å². The second-order valence-corrected chi connectivity index (χ2v) is 7.22. The molecule has 1 N–H and O–H groups in total. The number of nitrogens with zero attached hydrogens (tertiary/aromatic N) is 3. The van der Waals surface area contributed by atoms with Gasteiger partial charge in [-0.1, -0.05) is 6.42 Å². The molecule has 21 heavy (non-hydrogen) atoms. The number of nitrogens with one attached hydrogen (secondary N) is 1. The Kier molecular flexibility index (Phi) is 5.20. The maximum atomic E-state index is 4.73. The van der Waals surface area contributed by atoms with Gasteiger partial charge in [0.2, 0.25) is 5.95 Å². The second-order valence-electron chi connectivity index (χ2n) is 7.22. The van der Waals surface area contributed by atoms with E-state index in [4.69, 9.17) is 4.98 Å². The molecule has 1 aliphatic rings. The SMILES string of the molecule is CCN(CC1CCC1)c1ncc(CNC(C)(C)C)c(C)n1. The van der Waals surface area contributed by atoms with Crippen LogP contribution in [-0.4, -0.2) is 28.6 Å². The van der Waals surface area contributed by atoms with Crippen LogP contribution < -0.4 is 10.2 Å². The standard InChI is InChI=1S/C17H30N4/c1-6-21(12-14-8-7-9-14)16-18-10-15(13(2)20-16)11-19-17(3,4)5/h10,14,19H,6-9,11-12H2,1-5H3. The summed E-state index contributed by atoms with van der Waals surface area (Å²) in [5.74, 6) is 1.73. The largest absolute Gasteiger partial charge is 0.341 e. The first-order valence-corrected chi connectivity index (χ1v) is 8.21. The van der Waals surface area contributed by atoms with E-state index in [0.717, 1.165) is 37.2 Å². The van der Waals surface area contributed by atoms with Gasteiger partial charge in [0.1, 0.15) is 0 Å². The van der Waals surface area contributed by atoms with Crippen molar-refractivity contribution >= 4 is 5.95 Å². The van der Waals surface area contributed by atoms with Crippen LogP contribution in [0.25, 0.3) is 0 Å². The van der Waals surface area contributed by atoms with E-state index >= 15 is 0 Å². The molecular weight excluding hydrogens is 260 g/mol. The summed E-state index contributed by atoms with van der Waals surface area (Å²) in [6.07, 6.45) is 6.10. The molecule has 1 heterocycles. The summed E-state index contributed by atoms with van der Waals surface area (Å²) in [4.78, 5) is 11.6. The van der Waals surface area contributed by atoms with Crippen LogP contribution in [0.3, 0.4) is 0 Å². The van der Waals surface area contributed by atoms with Crippen LogP contribution in [0.2, 0.25) is 0 Å². The van der Waals surface area contributed by atoms with Crippen LogP contribution >= 0.6 is 0 Å². The first-order chi connectivity index (χ1) is 9.89. The highest BCUT2D eigenvalue weighted by atomic mass is 15.2. The zero-order chi connectivity index (χ0) is 15.5. The minimum atomic E-state index is 0.116. The molecule has 0 amide bonds. The number of anilines is 1. The van der Waals surface area contributed by atoms with Gasteiger partial charge in [-0.3, -0.25) is 0 Å². The van der Waals surface area contributed by atoms with Crippen LogP contribution in [0.4, 0.5) is 5.95 Å². The summed E-state index contributed by atoms with van der Waals surface area (Å²) >= 11 is 0. The first kappa shape index (κ1) is 16.2. The molecule has 0 aromatic carbocycles. The van der Waals surface area contributed by atoms with Crippen molar-refractivity contribution in [2.24, 2.45) is 5.92 Å². The maximum Gasteiger partial charge on any atom is 0.225 e. The Hall–Kier alpha value is -1.16. The fraction of sp³-hybridized carbons (Fsp3) is 0.765. The van der Waals surface area contributed by atoms with E-state index in [1.54, 1.807) is 0 Å². The Bertz CT molecular complexity index is 460. The van der Waals surface area contributed by atoms with Crippen molar-refractivity contribution in [1.29, 1.82) is 0 Å². The summed E-state index contributed by atoms with van der Waals surface area (Å²) in [6.45, 7) is 13.7. The minimum absolute atomic E-state index is 0.116. The van der Waals surface area contributed by atoms with Crippen molar-refractivity contribution in [3.05, 3.63) is 17.5 Å². The molecule has 1 aliphatic carbocycles. The van der Waals surface area contributed by atoms with Crippen molar-refractivity contribution in [2.45, 2.75) is 66.0 Å². The number of aromatic nitrogens is 2. The molecule has 4 nitrogen and oxygen atoms in total. The molecule has 2 rings (SSSR count). The van der Waals surface area contributed by atoms with E-state index in [1.807, 2.05) is 6.20 Å². The van der Waals surface area contributed by atoms with Crippen molar-refractivity contribution in [3.63, 3.8) is 0 Å². The monoisotopic (exact) mass is 290 g/mol. The number of aryl methyl sites for hydroxylation is 1. The fourth-order valence-electron chi connectivity index (χ4n) is 2.51. The summed E-state index contributed by atoms with van der Waals surface area (Å²) in [5, 5.41) is 3.50. The molecule has 0 saturated heterocycles. The third-order valence-corrected chi connectivity index (χ3v) is 4.25. The zero-order valence-electron chi connectivity index (χ0n) is 14.2. The quantitative estimate of drug-likeness (QED) is 0.873. The van der Waals surface area contributed by atoms with Gasteiger partial charge in [0.15, 0.2) is 0 Å². The number of hydrogen-bond donors (Lipinski definition) is 1. The molecule has 1 fully saturated rings. The normalized spacial score (nSPS) is 15.9. The van der Waals surface area contributed by atoms with Gasteiger partial charge in [-0.05, 0) is 53.4 Å². The molecule has 4 heteroatoms. The summed E-state index contributed by atoms with van der Waals surface area (Å²) in [6, 6.07) is 0. The first-order valence-electron chi connectivity index (χ1n) is 8.21. The third kappa shape index (κ3) is 4.67. The lowest BCUT2D eigenvalue weighted by atomic mass is 9.85. The van der Waals surface area contributed by atoms with E-state index in [-0.39, 0.29) is 5.54 Å². The maximum absolute atomic E-state index is 4.73. The Morgan fingerprint density at radius 1 is 1.33 bits per heavy atom. The molecule has 0 aliphatic heterocycles. The molecule has 1 saturated carbocycles. The molecule has 0 bridgehead atoms. The van der Waals surface area contributed by atoms with Gasteiger partial charge in [0, 0.05) is 42.6 Å². The molecule has 118 valence electrons. The molecule has 0 spiro atoms. The smallest absolute Gasteiger partial charge is 0.225 e. The highest BCUT2D eigenvalue weighted by molar-refractivity contribution is 5.33. The highest BCUT2D eigenvalue weighted by Crippen LogP contribution is 2.28. The number of hydrogen-bond acceptors (Lipinski definition) is 4. The van der Waals surface area contributed by atoms with Gasteiger partial charge < -0.3 is 10.2 Å². The lowest BCUT2D eigenvalue weighted by Gasteiger charge is -2.32. The Morgan fingerprint density at radius 3 is 2.52 bits per heavy atom. The highest BCUT2D eigenvalue weighted by Gasteiger charge is 2.21. The third-order valence-electron chi connectivity index (χ3n) is 4.25. The van der Waals surface area contributed by atoms with Gasteiger partial charge in [-0.25, -0.2) is 9.97 Å². The predicted molar refractivity (Wildman–Crippen MR) is 88.6 cm³/mol. The van der Waals surface area contributed by atoms with E-state index in [2.05, 4.69) is 49.8 Å². The lowest BCUT2D eigenvalue weighted by Crippen LogP contribution is -2.36. The molecule has 0 radical (unpaired) electrons. The Morgan fingerprint density at radius 2 is 2.05 bits per heavy atom. The van der Waals surface area contributed by atoms with Crippen molar-refractivity contribution < 1.29 is 0 Å². The van der Waals surface area contributed by atoms with Gasteiger partial charge in [-0.15, -0.1) is 0 Å². The van der Waals surface area contributed by atoms with Crippen LogP contribution in [0.15, 0.2) is 6.20 Å². The zero-order valence-corrected chi connectivity index (χ0v) is 14.2. The topological polar surface area (TPSA) is 41.1 Å². The average Bonchev–Trinajstić information content (AvgIpc) is 2.35. The molecular formula is C17H30N4. The molecule has 0 atom stereocenters. The number of rotatable bonds is 6. The molecule has 0 unspecified atom stereocenters. The van der Waals surface area contributed by atoms with Gasteiger partial charge in [0.05, 0.1) is 0 Å². The molecule has 1 aromatic heterocycles. The van der Waals surface area contributed by atoms with Crippen molar-refractivity contribution in [1.82, 2.24) is 15.3 Å². The van der Waals surface area contributed by atoms with E-state index in [9.17, 15) is 0 Å². The average molecular weight is 290 g/mol. The summed E-state index contributed by atoms with van der Waals surface area (Å²) < 4.78 is 0. The Labute approximate surface area is 129 Å². The second kappa shape index (κ2) is 6.73. The van der Waals surface area contributed by atoms with Gasteiger partial charge in [0.25, 0.3) is 0 Å². The van der Waals surface area contributed by atoms with Crippen LogP contribution in [0.1, 0.15) is 58.2 Å². The predicted octanol–water partition coefficient (Wildman–Crippen LogP) is 3.30. The Balaban J connectivity index is 2.02. The van der Waals surface area contributed by atoms with Crippen molar-refractivity contribution in [3.8, 4) is 0 Å².